The maximum absolute atomic E-state index is 12.7. The van der Waals surface area contributed by atoms with Crippen LogP contribution >= 0.6 is 11.8 Å². The average molecular weight is 475 g/mol. The minimum atomic E-state index is -4.78. The third-order valence-corrected chi connectivity index (χ3v) is 5.47. The highest BCUT2D eigenvalue weighted by Gasteiger charge is 2.31. The van der Waals surface area contributed by atoms with Crippen molar-refractivity contribution in [3.05, 3.63) is 77.7 Å². The summed E-state index contributed by atoms with van der Waals surface area (Å²) >= 11 is 1.35. The number of aromatic nitrogens is 2. The molecule has 0 fully saturated rings. The molecule has 1 aromatic carbocycles. The van der Waals surface area contributed by atoms with Gasteiger partial charge in [0.1, 0.15) is 16.6 Å². The first-order valence-corrected chi connectivity index (χ1v) is 10.9. The minimum Gasteiger partial charge on any atom is -0.406 e. The van der Waals surface area contributed by atoms with Crippen LogP contribution in [0.25, 0.3) is 0 Å². The van der Waals surface area contributed by atoms with E-state index in [1.54, 1.807) is 31.5 Å². The number of hydrogen-bond donors (Lipinski definition) is 1. The van der Waals surface area contributed by atoms with Crippen LogP contribution in [0.4, 0.5) is 18.9 Å². The first-order valence-electron chi connectivity index (χ1n) is 9.94. The monoisotopic (exact) mass is 475 g/mol. The highest BCUT2D eigenvalue weighted by molar-refractivity contribution is 7.98. The van der Waals surface area contributed by atoms with Crippen LogP contribution in [0.3, 0.4) is 0 Å². The fourth-order valence-electron chi connectivity index (χ4n) is 2.81. The van der Waals surface area contributed by atoms with Gasteiger partial charge >= 0.3 is 6.36 Å². The Bertz CT molecular complexity index is 1120. The second-order valence-electron chi connectivity index (χ2n) is 6.90. The third kappa shape index (κ3) is 7.60. The number of benzene rings is 1. The van der Waals surface area contributed by atoms with Gasteiger partial charge in [-0.15, -0.1) is 24.9 Å². The van der Waals surface area contributed by atoms with Crippen LogP contribution in [0, 0.1) is 0 Å². The van der Waals surface area contributed by atoms with Gasteiger partial charge in [-0.05, 0) is 54.1 Å². The molecule has 2 aromatic heterocycles. The van der Waals surface area contributed by atoms with Crippen LogP contribution in [0.15, 0.2) is 66.0 Å². The Morgan fingerprint density at radius 2 is 1.82 bits per heavy atom. The number of thioether (sulfide) groups is 1. The second-order valence-corrected chi connectivity index (χ2v) is 7.86. The van der Waals surface area contributed by atoms with E-state index < -0.39 is 12.3 Å². The number of rotatable bonds is 9. The van der Waals surface area contributed by atoms with Crippen molar-refractivity contribution < 1.29 is 27.5 Å². The fourth-order valence-corrected chi connectivity index (χ4v) is 3.74. The molecule has 2 heterocycles. The lowest BCUT2D eigenvalue weighted by Gasteiger charge is -2.11. The summed E-state index contributed by atoms with van der Waals surface area (Å²) in [6.07, 6.45) is -0.843. The number of nitrogens with zero attached hydrogens (tertiary/aromatic N) is 2. The van der Waals surface area contributed by atoms with Gasteiger partial charge in [-0.2, -0.15) is 0 Å². The number of ketones is 1. The number of carbonyl (C=O) groups excluding carboxylic acids is 2. The molecule has 0 saturated carbocycles. The molecule has 10 heteroatoms. The van der Waals surface area contributed by atoms with E-state index >= 15 is 0 Å². The van der Waals surface area contributed by atoms with Gasteiger partial charge in [0.15, 0.2) is 0 Å². The van der Waals surface area contributed by atoms with Crippen molar-refractivity contribution in [1.82, 2.24) is 9.97 Å². The van der Waals surface area contributed by atoms with Crippen LogP contribution < -0.4 is 10.1 Å². The molecule has 0 aliphatic carbocycles. The minimum absolute atomic E-state index is 0.106. The normalized spacial score (nSPS) is 11.2. The molecule has 0 saturated heterocycles. The number of alkyl halides is 3. The van der Waals surface area contributed by atoms with Gasteiger partial charge in [0.25, 0.3) is 5.91 Å². The highest BCUT2D eigenvalue weighted by atomic mass is 32.2. The summed E-state index contributed by atoms with van der Waals surface area (Å²) in [6.45, 7) is 1.81. The Balaban J connectivity index is 1.66. The predicted molar refractivity (Wildman–Crippen MR) is 118 cm³/mol. The fraction of sp³-hybridized carbons (Fsp3) is 0.217. The maximum atomic E-state index is 12.7. The number of carbonyl (C=O) groups is 2. The van der Waals surface area contributed by atoms with Crippen LogP contribution in [0.1, 0.15) is 35.0 Å². The van der Waals surface area contributed by atoms with Gasteiger partial charge in [0.05, 0.1) is 5.56 Å². The molecule has 0 atom stereocenters. The number of nitrogens with one attached hydrogen (secondary N) is 1. The van der Waals surface area contributed by atoms with Gasteiger partial charge < -0.3 is 10.1 Å². The number of pyridine rings is 2. The van der Waals surface area contributed by atoms with Crippen molar-refractivity contribution in [1.29, 1.82) is 0 Å². The zero-order valence-electron chi connectivity index (χ0n) is 17.6. The van der Waals surface area contributed by atoms with Gasteiger partial charge in [-0.1, -0.05) is 6.92 Å². The lowest BCUT2D eigenvalue weighted by Crippen LogP contribution is -2.17. The molecule has 172 valence electrons. The van der Waals surface area contributed by atoms with E-state index in [2.05, 4.69) is 20.0 Å². The topological polar surface area (TPSA) is 81.2 Å². The van der Waals surface area contributed by atoms with Crippen LogP contribution in [0.2, 0.25) is 0 Å². The van der Waals surface area contributed by atoms with Gasteiger partial charge in [-0.25, -0.2) is 4.98 Å². The van der Waals surface area contributed by atoms with Crippen molar-refractivity contribution in [2.45, 2.75) is 36.9 Å². The molecule has 0 spiro atoms. The van der Waals surface area contributed by atoms with E-state index in [0.29, 0.717) is 34.1 Å². The SMILES string of the molecule is CCC(=O)Cc1cc(CSc2ncccc2C(=O)Nc2ccc(OC(F)(F)F)cc2)ccn1. The Morgan fingerprint density at radius 3 is 2.52 bits per heavy atom. The lowest BCUT2D eigenvalue weighted by molar-refractivity contribution is -0.274. The largest absolute Gasteiger partial charge is 0.573 e. The Kier molecular flexibility index (Phi) is 8.05. The summed E-state index contributed by atoms with van der Waals surface area (Å²) in [7, 11) is 0. The zero-order chi connectivity index (χ0) is 23.8. The summed E-state index contributed by atoms with van der Waals surface area (Å²) in [6, 6.07) is 11.8. The van der Waals surface area contributed by atoms with E-state index in [1.807, 2.05) is 12.1 Å². The quantitative estimate of drug-likeness (QED) is 0.415. The highest BCUT2D eigenvalue weighted by Crippen LogP contribution is 2.27. The number of hydrogen-bond acceptors (Lipinski definition) is 6. The van der Waals surface area contributed by atoms with Crippen molar-refractivity contribution in [2.75, 3.05) is 5.32 Å². The molecule has 0 aliphatic rings. The molecule has 3 rings (SSSR count). The molecule has 3 aromatic rings. The Hall–Kier alpha value is -3.40. The van der Waals surface area contributed by atoms with Crippen LogP contribution in [-0.4, -0.2) is 28.0 Å². The van der Waals surface area contributed by atoms with Gasteiger partial charge in [0, 0.05) is 42.4 Å². The predicted octanol–water partition coefficient (Wildman–Crippen LogP) is 5.44. The van der Waals surface area contributed by atoms with Crippen molar-refractivity contribution in [3.8, 4) is 5.75 Å². The molecule has 6 nitrogen and oxygen atoms in total. The van der Waals surface area contributed by atoms with Crippen LogP contribution in [-0.2, 0) is 17.0 Å². The number of halogens is 3. The summed E-state index contributed by atoms with van der Waals surface area (Å²) in [5.74, 6) is -0.208. The van der Waals surface area contributed by atoms with E-state index in [9.17, 15) is 22.8 Å². The average Bonchev–Trinajstić information content (AvgIpc) is 2.78. The van der Waals surface area contributed by atoms with E-state index in [4.69, 9.17) is 0 Å². The van der Waals surface area contributed by atoms with Gasteiger partial charge in [0.2, 0.25) is 0 Å². The number of anilines is 1. The summed E-state index contributed by atoms with van der Waals surface area (Å²) in [4.78, 5) is 32.9. The van der Waals surface area contributed by atoms with Crippen molar-refractivity contribution >= 4 is 29.1 Å². The lowest BCUT2D eigenvalue weighted by atomic mass is 10.1. The third-order valence-electron chi connectivity index (χ3n) is 4.39. The first kappa shape index (κ1) is 24.2. The maximum Gasteiger partial charge on any atom is 0.573 e. The van der Waals surface area contributed by atoms with Gasteiger partial charge in [-0.3, -0.25) is 14.6 Å². The second kappa shape index (κ2) is 11.0. The van der Waals surface area contributed by atoms with E-state index in [1.165, 1.54) is 23.9 Å². The van der Waals surface area contributed by atoms with E-state index in [0.717, 1.165) is 17.7 Å². The summed E-state index contributed by atoms with van der Waals surface area (Å²) in [5.41, 5.74) is 2.27. The van der Waals surface area contributed by atoms with E-state index in [-0.39, 0.29) is 18.0 Å². The van der Waals surface area contributed by atoms with Crippen molar-refractivity contribution in [3.63, 3.8) is 0 Å². The molecule has 0 bridgehead atoms. The number of amides is 1. The summed E-state index contributed by atoms with van der Waals surface area (Å²) in [5, 5.41) is 3.14. The molecular weight excluding hydrogens is 455 g/mol. The smallest absolute Gasteiger partial charge is 0.406 e. The molecule has 33 heavy (non-hydrogen) atoms. The molecule has 0 aliphatic heterocycles. The first-order chi connectivity index (χ1) is 15.7. The molecule has 1 N–H and O–H groups in total. The van der Waals surface area contributed by atoms with Crippen molar-refractivity contribution in [2.24, 2.45) is 0 Å². The zero-order valence-corrected chi connectivity index (χ0v) is 18.4. The summed E-state index contributed by atoms with van der Waals surface area (Å²) < 4.78 is 40.7. The molecule has 0 radical (unpaired) electrons. The Labute approximate surface area is 192 Å². The Morgan fingerprint density at radius 1 is 1.06 bits per heavy atom. The standard InChI is InChI=1S/C23H20F3N3O3S/c1-2-18(30)13-17-12-15(9-11-27-17)14-33-22-20(4-3-10-28-22)21(31)29-16-5-7-19(8-6-16)32-23(24,25)26/h3-12H,2,13-14H2,1H3,(H,29,31). The molecule has 0 unspecified atom stereocenters. The number of Topliss-reactive ketones (excluding diaryl/α,β-unsaturated/α-hetero) is 1. The molecular formula is C23H20F3N3O3S. The molecule has 1 amide bonds. The van der Waals surface area contributed by atoms with Crippen LogP contribution in [0.5, 0.6) is 5.75 Å². The number of ether oxygens (including phenoxy) is 1.